The lowest BCUT2D eigenvalue weighted by Gasteiger charge is -2.28. The highest BCUT2D eigenvalue weighted by atomic mass is 16.4. The first kappa shape index (κ1) is 14.7. The standard InChI is InChI=1S/C13H23N3O2/c1-8(2)11-14-10(16(6)15-11)7-13(5,9(3)4)12(17)18/h8-9H,7H2,1-6H3,(H,17,18). The first-order valence-corrected chi connectivity index (χ1v) is 6.31. The van der Waals surface area contributed by atoms with Crippen molar-refractivity contribution in [3.63, 3.8) is 0 Å². The second-order valence-corrected chi connectivity index (χ2v) is 5.72. The minimum Gasteiger partial charge on any atom is -0.481 e. The summed E-state index contributed by atoms with van der Waals surface area (Å²) >= 11 is 0. The summed E-state index contributed by atoms with van der Waals surface area (Å²) in [6.07, 6.45) is 0.399. The number of hydrogen-bond acceptors (Lipinski definition) is 3. The Hall–Kier alpha value is -1.39. The van der Waals surface area contributed by atoms with Crippen molar-refractivity contribution in [2.45, 2.75) is 47.0 Å². The van der Waals surface area contributed by atoms with E-state index < -0.39 is 11.4 Å². The first-order valence-electron chi connectivity index (χ1n) is 6.31. The molecule has 1 aromatic heterocycles. The molecular weight excluding hydrogens is 230 g/mol. The number of rotatable bonds is 5. The fraction of sp³-hybridized carbons (Fsp3) is 0.769. The smallest absolute Gasteiger partial charge is 0.310 e. The van der Waals surface area contributed by atoms with Crippen molar-refractivity contribution in [3.8, 4) is 0 Å². The van der Waals surface area contributed by atoms with E-state index in [0.29, 0.717) is 6.42 Å². The molecule has 1 atom stereocenters. The van der Waals surface area contributed by atoms with Crippen molar-refractivity contribution in [1.82, 2.24) is 14.8 Å². The van der Waals surface area contributed by atoms with E-state index in [1.165, 1.54) is 0 Å². The fourth-order valence-corrected chi connectivity index (χ4v) is 1.69. The molecule has 1 rings (SSSR count). The Kier molecular flexibility index (Phi) is 4.14. The van der Waals surface area contributed by atoms with E-state index in [2.05, 4.69) is 10.1 Å². The van der Waals surface area contributed by atoms with Crippen LogP contribution in [-0.4, -0.2) is 25.8 Å². The molecule has 102 valence electrons. The van der Waals surface area contributed by atoms with Gasteiger partial charge in [-0.2, -0.15) is 5.10 Å². The number of aryl methyl sites for hydroxylation is 1. The van der Waals surface area contributed by atoms with Gasteiger partial charge in [0.25, 0.3) is 0 Å². The molecule has 0 aliphatic rings. The Labute approximate surface area is 108 Å². The second kappa shape index (κ2) is 5.08. The molecule has 0 saturated heterocycles. The third-order valence-electron chi connectivity index (χ3n) is 3.67. The predicted molar refractivity (Wildman–Crippen MR) is 69.4 cm³/mol. The zero-order chi connectivity index (χ0) is 14.1. The Bertz CT molecular complexity index is 437. The number of nitrogens with zero attached hydrogens (tertiary/aromatic N) is 3. The molecule has 0 aromatic carbocycles. The van der Waals surface area contributed by atoms with Gasteiger partial charge in [-0.3, -0.25) is 9.48 Å². The van der Waals surface area contributed by atoms with Crippen LogP contribution in [0.5, 0.6) is 0 Å². The van der Waals surface area contributed by atoms with E-state index in [0.717, 1.165) is 11.6 Å². The molecule has 0 saturated carbocycles. The normalized spacial score (nSPS) is 15.1. The highest BCUT2D eigenvalue weighted by molar-refractivity contribution is 5.74. The topological polar surface area (TPSA) is 68.0 Å². The molecule has 1 heterocycles. The average molecular weight is 253 g/mol. The molecule has 5 heteroatoms. The zero-order valence-electron chi connectivity index (χ0n) is 12.1. The Balaban J connectivity index is 3.05. The second-order valence-electron chi connectivity index (χ2n) is 5.72. The Morgan fingerprint density at radius 2 is 1.94 bits per heavy atom. The van der Waals surface area contributed by atoms with Gasteiger partial charge < -0.3 is 5.11 Å². The molecule has 18 heavy (non-hydrogen) atoms. The molecule has 0 aliphatic carbocycles. The van der Waals surface area contributed by atoms with Crippen molar-refractivity contribution >= 4 is 5.97 Å². The summed E-state index contributed by atoms with van der Waals surface area (Å²) in [6.45, 7) is 9.67. The van der Waals surface area contributed by atoms with Crippen LogP contribution in [0.2, 0.25) is 0 Å². The van der Waals surface area contributed by atoms with Gasteiger partial charge in [-0.1, -0.05) is 27.7 Å². The van der Waals surface area contributed by atoms with Crippen LogP contribution in [0.3, 0.4) is 0 Å². The van der Waals surface area contributed by atoms with E-state index >= 15 is 0 Å². The maximum atomic E-state index is 11.5. The number of hydrogen-bond donors (Lipinski definition) is 1. The molecule has 0 fully saturated rings. The monoisotopic (exact) mass is 253 g/mol. The number of carboxylic acid groups (broad SMARTS) is 1. The minimum atomic E-state index is -0.810. The van der Waals surface area contributed by atoms with Gasteiger partial charge in [0.2, 0.25) is 0 Å². The first-order chi connectivity index (χ1) is 8.18. The van der Waals surface area contributed by atoms with E-state index in [4.69, 9.17) is 0 Å². The molecule has 0 amide bonds. The minimum absolute atomic E-state index is 0.0363. The molecule has 5 nitrogen and oxygen atoms in total. The van der Waals surface area contributed by atoms with Crippen LogP contribution in [0.25, 0.3) is 0 Å². The third-order valence-corrected chi connectivity index (χ3v) is 3.67. The number of aromatic nitrogens is 3. The molecule has 0 bridgehead atoms. The van der Waals surface area contributed by atoms with Crippen molar-refractivity contribution in [2.24, 2.45) is 18.4 Å². The Morgan fingerprint density at radius 1 is 1.39 bits per heavy atom. The van der Waals surface area contributed by atoms with Gasteiger partial charge in [0, 0.05) is 19.4 Å². The number of carboxylic acids is 1. The van der Waals surface area contributed by atoms with Crippen LogP contribution in [-0.2, 0) is 18.3 Å². The van der Waals surface area contributed by atoms with Crippen LogP contribution in [0.4, 0.5) is 0 Å². The lowest BCUT2D eigenvalue weighted by molar-refractivity contribution is -0.150. The van der Waals surface area contributed by atoms with Crippen molar-refractivity contribution in [2.75, 3.05) is 0 Å². The number of aliphatic carboxylic acids is 1. The van der Waals surface area contributed by atoms with Crippen molar-refractivity contribution < 1.29 is 9.90 Å². The Morgan fingerprint density at radius 3 is 2.28 bits per heavy atom. The van der Waals surface area contributed by atoms with Crippen LogP contribution in [0, 0.1) is 11.3 Å². The van der Waals surface area contributed by atoms with E-state index in [1.807, 2.05) is 34.7 Å². The van der Waals surface area contributed by atoms with Gasteiger partial charge in [0.05, 0.1) is 5.41 Å². The van der Waals surface area contributed by atoms with Gasteiger partial charge in [-0.15, -0.1) is 0 Å². The molecule has 0 radical (unpaired) electrons. The van der Waals surface area contributed by atoms with Crippen LogP contribution < -0.4 is 0 Å². The molecule has 0 spiro atoms. The largest absolute Gasteiger partial charge is 0.481 e. The summed E-state index contributed by atoms with van der Waals surface area (Å²) in [6, 6.07) is 0. The van der Waals surface area contributed by atoms with Gasteiger partial charge >= 0.3 is 5.97 Å². The van der Waals surface area contributed by atoms with E-state index in [-0.39, 0.29) is 11.8 Å². The summed E-state index contributed by atoms with van der Waals surface area (Å²) in [5.41, 5.74) is -0.810. The van der Waals surface area contributed by atoms with Gasteiger partial charge in [0.1, 0.15) is 5.82 Å². The molecular formula is C13H23N3O2. The third kappa shape index (κ3) is 2.71. The lowest BCUT2D eigenvalue weighted by atomic mass is 9.76. The summed E-state index contributed by atoms with van der Waals surface area (Å²) in [7, 11) is 1.82. The lowest BCUT2D eigenvalue weighted by Crippen LogP contribution is -2.36. The van der Waals surface area contributed by atoms with E-state index in [1.54, 1.807) is 11.6 Å². The van der Waals surface area contributed by atoms with Gasteiger partial charge in [-0.05, 0) is 12.8 Å². The molecule has 1 N–H and O–H groups in total. The van der Waals surface area contributed by atoms with Gasteiger partial charge in [-0.25, -0.2) is 4.98 Å². The van der Waals surface area contributed by atoms with Crippen molar-refractivity contribution in [3.05, 3.63) is 11.6 Å². The number of carbonyl (C=O) groups is 1. The molecule has 1 aromatic rings. The van der Waals surface area contributed by atoms with Crippen LogP contribution in [0.1, 0.15) is 52.2 Å². The molecule has 1 unspecified atom stereocenters. The van der Waals surface area contributed by atoms with Crippen LogP contribution in [0.15, 0.2) is 0 Å². The predicted octanol–water partition coefficient (Wildman–Crippen LogP) is 2.23. The van der Waals surface area contributed by atoms with Crippen LogP contribution >= 0.6 is 0 Å². The summed E-state index contributed by atoms with van der Waals surface area (Å²) < 4.78 is 1.69. The maximum Gasteiger partial charge on any atom is 0.310 e. The molecule has 0 aliphatic heterocycles. The highest BCUT2D eigenvalue weighted by Gasteiger charge is 2.38. The van der Waals surface area contributed by atoms with E-state index in [9.17, 15) is 9.90 Å². The maximum absolute atomic E-state index is 11.5. The fourth-order valence-electron chi connectivity index (χ4n) is 1.69. The summed E-state index contributed by atoms with van der Waals surface area (Å²) in [5.74, 6) is 1.00. The highest BCUT2D eigenvalue weighted by Crippen LogP contribution is 2.31. The summed E-state index contributed by atoms with van der Waals surface area (Å²) in [5, 5.41) is 13.7. The zero-order valence-corrected chi connectivity index (χ0v) is 12.1. The quantitative estimate of drug-likeness (QED) is 0.873. The average Bonchev–Trinajstić information content (AvgIpc) is 2.59. The van der Waals surface area contributed by atoms with Gasteiger partial charge in [0.15, 0.2) is 5.82 Å². The van der Waals surface area contributed by atoms with Crippen molar-refractivity contribution in [1.29, 1.82) is 0 Å². The summed E-state index contributed by atoms with van der Waals surface area (Å²) in [4.78, 5) is 15.9. The SMILES string of the molecule is CC(C)c1nc(CC(C)(C(=O)O)C(C)C)n(C)n1.